The number of carbonyl (C=O) groups excluding carboxylic acids is 1. The van der Waals surface area contributed by atoms with Crippen LogP contribution >= 0.6 is 0 Å². The SMILES string of the molecule is CC(C)(C)N1CCN(c2cc(F)c3c(c2)C(=O)OC32CCN(Cc3ccccc3)CC2)CC1. The molecule has 0 aliphatic carbocycles. The Balaban J connectivity index is 1.32. The number of hydrogen-bond acceptors (Lipinski definition) is 5. The molecule has 0 amide bonds. The summed E-state index contributed by atoms with van der Waals surface area (Å²) in [5.41, 5.74) is 2.24. The average molecular weight is 452 g/mol. The number of likely N-dealkylation sites (tertiary alicyclic amines) is 1. The van der Waals surface area contributed by atoms with Gasteiger partial charge < -0.3 is 9.64 Å². The first-order valence-electron chi connectivity index (χ1n) is 12.1. The minimum Gasteiger partial charge on any atom is -0.450 e. The van der Waals surface area contributed by atoms with Gasteiger partial charge in [0.15, 0.2) is 0 Å². The molecular formula is C27H34FN3O2. The van der Waals surface area contributed by atoms with Gasteiger partial charge >= 0.3 is 5.97 Å². The number of esters is 1. The van der Waals surface area contributed by atoms with Crippen LogP contribution in [0.5, 0.6) is 0 Å². The summed E-state index contributed by atoms with van der Waals surface area (Å²) in [6.45, 7) is 12.6. The van der Waals surface area contributed by atoms with Gasteiger partial charge in [0.05, 0.1) is 5.56 Å². The van der Waals surface area contributed by atoms with E-state index in [4.69, 9.17) is 4.74 Å². The predicted molar refractivity (Wildman–Crippen MR) is 128 cm³/mol. The second-order valence-corrected chi connectivity index (χ2v) is 10.6. The molecule has 2 fully saturated rings. The Morgan fingerprint density at radius 3 is 2.27 bits per heavy atom. The molecule has 0 radical (unpaired) electrons. The Morgan fingerprint density at radius 1 is 0.970 bits per heavy atom. The number of piperazine rings is 1. The van der Waals surface area contributed by atoms with Gasteiger partial charge in [0.1, 0.15) is 11.4 Å². The van der Waals surface area contributed by atoms with E-state index in [-0.39, 0.29) is 17.3 Å². The van der Waals surface area contributed by atoms with Gasteiger partial charge in [-0.05, 0) is 38.5 Å². The van der Waals surface area contributed by atoms with E-state index in [1.165, 1.54) is 5.56 Å². The van der Waals surface area contributed by atoms with Crippen molar-refractivity contribution in [2.24, 2.45) is 0 Å². The number of benzene rings is 2. The smallest absolute Gasteiger partial charge is 0.339 e. The van der Waals surface area contributed by atoms with E-state index >= 15 is 4.39 Å². The molecule has 1 spiro atoms. The predicted octanol–water partition coefficient (Wildman–Crippen LogP) is 4.41. The van der Waals surface area contributed by atoms with Gasteiger partial charge in [-0.15, -0.1) is 0 Å². The fraction of sp³-hybridized carbons (Fsp3) is 0.519. The fourth-order valence-electron chi connectivity index (χ4n) is 5.58. The van der Waals surface area contributed by atoms with Gasteiger partial charge in [0.25, 0.3) is 0 Å². The number of halogens is 1. The Kier molecular flexibility index (Phi) is 5.69. The number of anilines is 1. The lowest BCUT2D eigenvalue weighted by atomic mass is 9.83. The zero-order valence-corrected chi connectivity index (χ0v) is 19.9. The van der Waals surface area contributed by atoms with Crippen LogP contribution in [0.4, 0.5) is 10.1 Å². The summed E-state index contributed by atoms with van der Waals surface area (Å²) in [6.07, 6.45) is 1.25. The third-order valence-corrected chi connectivity index (χ3v) is 7.54. The topological polar surface area (TPSA) is 36.0 Å². The molecular weight excluding hydrogens is 417 g/mol. The molecule has 0 saturated carbocycles. The molecule has 2 aromatic carbocycles. The van der Waals surface area contributed by atoms with Crippen LogP contribution in [0.15, 0.2) is 42.5 Å². The third-order valence-electron chi connectivity index (χ3n) is 7.54. The number of rotatable bonds is 3. The molecule has 5 nitrogen and oxygen atoms in total. The number of hydrogen-bond donors (Lipinski definition) is 0. The summed E-state index contributed by atoms with van der Waals surface area (Å²) in [6, 6.07) is 13.8. The molecule has 176 valence electrons. The molecule has 0 N–H and O–H groups in total. The van der Waals surface area contributed by atoms with Gasteiger partial charge in [-0.25, -0.2) is 9.18 Å². The zero-order valence-electron chi connectivity index (χ0n) is 19.9. The first kappa shape index (κ1) is 22.4. The molecule has 0 aromatic heterocycles. The van der Waals surface area contributed by atoms with Gasteiger partial charge in [-0.3, -0.25) is 9.80 Å². The normalized spacial score (nSPS) is 21.3. The quantitative estimate of drug-likeness (QED) is 0.646. The van der Waals surface area contributed by atoms with Gasteiger partial charge in [-0.2, -0.15) is 0 Å². The highest BCUT2D eigenvalue weighted by Crippen LogP contribution is 2.46. The molecule has 5 rings (SSSR count). The second-order valence-electron chi connectivity index (χ2n) is 10.6. The molecule has 0 atom stereocenters. The Morgan fingerprint density at radius 2 is 1.64 bits per heavy atom. The lowest BCUT2D eigenvalue weighted by molar-refractivity contribution is -0.0454. The molecule has 0 bridgehead atoms. The Bertz CT molecular complexity index is 1020. The molecule has 3 heterocycles. The highest BCUT2D eigenvalue weighted by molar-refractivity contribution is 5.96. The standard InChI is InChI=1S/C27H34FN3O2/c1-26(2,3)31-15-13-30(14-16-31)21-17-22-24(23(28)18-21)27(33-25(22)32)9-11-29(12-10-27)19-20-7-5-4-6-8-20/h4-8,17-18H,9-16,19H2,1-3H3. The number of ether oxygens (including phenoxy) is 1. The van der Waals surface area contributed by atoms with Crippen molar-refractivity contribution in [3.05, 3.63) is 65.0 Å². The van der Waals surface area contributed by atoms with Crippen LogP contribution < -0.4 is 4.90 Å². The monoisotopic (exact) mass is 451 g/mol. The van der Waals surface area contributed by atoms with E-state index in [0.717, 1.165) is 51.5 Å². The van der Waals surface area contributed by atoms with E-state index < -0.39 is 5.60 Å². The first-order valence-corrected chi connectivity index (χ1v) is 12.1. The second kappa shape index (κ2) is 8.41. The molecule has 2 saturated heterocycles. The molecule has 33 heavy (non-hydrogen) atoms. The largest absolute Gasteiger partial charge is 0.450 e. The van der Waals surface area contributed by atoms with Gasteiger partial charge in [0, 0.05) is 75.4 Å². The van der Waals surface area contributed by atoms with Crippen molar-refractivity contribution in [3.63, 3.8) is 0 Å². The summed E-state index contributed by atoms with van der Waals surface area (Å²) in [5.74, 6) is -0.682. The van der Waals surface area contributed by atoms with Crippen LogP contribution in [0.2, 0.25) is 0 Å². The van der Waals surface area contributed by atoms with E-state index in [1.807, 2.05) is 24.3 Å². The van der Waals surface area contributed by atoms with Crippen molar-refractivity contribution in [1.82, 2.24) is 9.80 Å². The number of nitrogens with zero attached hydrogens (tertiary/aromatic N) is 3. The molecule has 2 aromatic rings. The lowest BCUT2D eigenvalue weighted by Gasteiger charge is -2.43. The van der Waals surface area contributed by atoms with Gasteiger partial charge in [-0.1, -0.05) is 30.3 Å². The minimum absolute atomic E-state index is 0.126. The van der Waals surface area contributed by atoms with Crippen molar-refractivity contribution in [2.45, 2.75) is 51.3 Å². The van der Waals surface area contributed by atoms with Crippen LogP contribution in [0.1, 0.15) is 55.1 Å². The van der Waals surface area contributed by atoms with E-state index in [9.17, 15) is 4.79 Å². The van der Waals surface area contributed by atoms with Crippen LogP contribution in [0, 0.1) is 5.82 Å². The van der Waals surface area contributed by atoms with Crippen LogP contribution in [-0.4, -0.2) is 60.6 Å². The average Bonchev–Trinajstić information content (AvgIpc) is 3.07. The van der Waals surface area contributed by atoms with Crippen LogP contribution in [-0.2, 0) is 16.9 Å². The summed E-state index contributed by atoms with van der Waals surface area (Å²) in [4.78, 5) is 19.8. The minimum atomic E-state index is -0.826. The van der Waals surface area contributed by atoms with Crippen LogP contribution in [0.3, 0.4) is 0 Å². The number of piperidine rings is 1. The maximum Gasteiger partial charge on any atom is 0.339 e. The summed E-state index contributed by atoms with van der Waals surface area (Å²) < 4.78 is 21.4. The lowest BCUT2D eigenvalue weighted by Crippen LogP contribution is -2.53. The third kappa shape index (κ3) is 4.26. The van der Waals surface area contributed by atoms with Crippen molar-refractivity contribution in [1.29, 1.82) is 0 Å². The fourth-order valence-corrected chi connectivity index (χ4v) is 5.58. The van der Waals surface area contributed by atoms with E-state index in [1.54, 1.807) is 6.07 Å². The maximum absolute atomic E-state index is 15.5. The maximum atomic E-state index is 15.5. The van der Waals surface area contributed by atoms with Gasteiger partial charge in [0.2, 0.25) is 0 Å². The molecule has 6 heteroatoms. The highest BCUT2D eigenvalue weighted by Gasteiger charge is 2.49. The van der Waals surface area contributed by atoms with Crippen molar-refractivity contribution < 1.29 is 13.9 Å². The summed E-state index contributed by atoms with van der Waals surface area (Å²) >= 11 is 0. The number of carbonyl (C=O) groups is 1. The molecule has 3 aliphatic heterocycles. The Labute approximate surface area is 196 Å². The number of fused-ring (bicyclic) bond motifs is 2. The van der Waals surface area contributed by atoms with Crippen LogP contribution in [0.25, 0.3) is 0 Å². The highest BCUT2D eigenvalue weighted by atomic mass is 19.1. The van der Waals surface area contributed by atoms with E-state index in [0.29, 0.717) is 24.0 Å². The molecule has 3 aliphatic rings. The first-order chi connectivity index (χ1) is 15.7. The zero-order chi connectivity index (χ0) is 23.2. The summed E-state index contributed by atoms with van der Waals surface area (Å²) in [7, 11) is 0. The molecule has 0 unspecified atom stereocenters. The van der Waals surface area contributed by atoms with Crippen molar-refractivity contribution in [3.8, 4) is 0 Å². The Hall–Kier alpha value is -2.44. The summed E-state index contributed by atoms with van der Waals surface area (Å²) in [5, 5.41) is 0. The van der Waals surface area contributed by atoms with Crippen molar-refractivity contribution in [2.75, 3.05) is 44.2 Å². The van der Waals surface area contributed by atoms with Crippen molar-refractivity contribution >= 4 is 11.7 Å². The van der Waals surface area contributed by atoms with E-state index in [2.05, 4.69) is 47.6 Å².